The predicted octanol–water partition coefficient (Wildman–Crippen LogP) is 2.06. The van der Waals surface area contributed by atoms with Gasteiger partial charge in [0, 0.05) is 4.53 Å². The van der Waals surface area contributed by atoms with Crippen LogP contribution >= 0.6 is 0 Å². The smallest absolute Gasteiger partial charge is 0.132 e. The molecule has 0 atom stereocenters. The average molecular weight is 104 g/mol. The number of halogens is 1. The Bertz CT molecular complexity index is 59.1. The first-order chi connectivity index (χ1) is 3.27. The molecular weight excluding hydrogens is 95.1 g/mol. The summed E-state index contributed by atoms with van der Waals surface area (Å²) in [6.07, 6.45) is 2.66. The standard InChI is InChI=1S/C5H9FO/c1-5(2)3-4-7-6/h3-5H,1-2H3. The molecule has 0 radical (unpaired) electrons. The monoisotopic (exact) mass is 104 g/mol. The van der Waals surface area contributed by atoms with Crippen molar-refractivity contribution >= 4 is 0 Å². The highest BCUT2D eigenvalue weighted by atomic mass is 19.3. The summed E-state index contributed by atoms with van der Waals surface area (Å²) in [4.78, 5) is 3.17. The van der Waals surface area contributed by atoms with Gasteiger partial charge < -0.3 is 4.94 Å². The largest absolute Gasteiger partial charge is 0.303 e. The van der Waals surface area contributed by atoms with Crippen LogP contribution in [0.25, 0.3) is 0 Å². The number of allylic oxidation sites excluding steroid dienone is 1. The van der Waals surface area contributed by atoms with Crippen LogP contribution in [0.15, 0.2) is 12.3 Å². The fourth-order valence-electron chi connectivity index (χ4n) is 0.187. The first kappa shape index (κ1) is 6.47. The van der Waals surface area contributed by atoms with Gasteiger partial charge in [0.1, 0.15) is 6.26 Å². The molecule has 0 unspecified atom stereocenters. The van der Waals surface area contributed by atoms with E-state index in [0.29, 0.717) is 5.92 Å². The van der Waals surface area contributed by atoms with Crippen LogP contribution in [0.5, 0.6) is 0 Å². The molecule has 0 aliphatic rings. The van der Waals surface area contributed by atoms with Gasteiger partial charge in [-0.2, -0.15) is 0 Å². The zero-order valence-corrected chi connectivity index (χ0v) is 4.52. The van der Waals surface area contributed by atoms with Gasteiger partial charge >= 0.3 is 0 Å². The van der Waals surface area contributed by atoms with Crippen molar-refractivity contribution in [2.24, 2.45) is 5.92 Å². The van der Waals surface area contributed by atoms with Crippen molar-refractivity contribution in [1.29, 1.82) is 0 Å². The molecule has 0 aliphatic carbocycles. The summed E-state index contributed by atoms with van der Waals surface area (Å²) >= 11 is 0. The Labute approximate surface area is 42.7 Å². The lowest BCUT2D eigenvalue weighted by Crippen LogP contribution is -1.75. The van der Waals surface area contributed by atoms with Gasteiger partial charge in [0.05, 0.1) is 0 Å². The molecule has 0 rings (SSSR count). The molecule has 0 aromatic heterocycles. The number of rotatable bonds is 2. The van der Waals surface area contributed by atoms with Gasteiger partial charge in [-0.05, 0) is 12.0 Å². The van der Waals surface area contributed by atoms with Gasteiger partial charge in [0.2, 0.25) is 0 Å². The maximum atomic E-state index is 10.8. The lowest BCUT2D eigenvalue weighted by atomic mass is 10.2. The zero-order chi connectivity index (χ0) is 5.70. The summed E-state index contributed by atoms with van der Waals surface area (Å²) in [5.41, 5.74) is 0. The van der Waals surface area contributed by atoms with E-state index < -0.39 is 0 Å². The third-order valence-corrected chi connectivity index (χ3v) is 0.515. The van der Waals surface area contributed by atoms with Gasteiger partial charge in [-0.3, -0.25) is 0 Å². The van der Waals surface area contributed by atoms with Crippen LogP contribution in [-0.2, 0) is 4.94 Å². The molecule has 0 saturated heterocycles. The molecule has 2 heteroatoms. The van der Waals surface area contributed by atoms with E-state index in [0.717, 1.165) is 6.26 Å². The van der Waals surface area contributed by atoms with E-state index in [1.54, 1.807) is 6.08 Å². The second kappa shape index (κ2) is 3.65. The molecule has 0 saturated carbocycles. The predicted molar refractivity (Wildman–Crippen MR) is 26.2 cm³/mol. The van der Waals surface area contributed by atoms with Crippen LogP contribution in [0.4, 0.5) is 4.53 Å². The van der Waals surface area contributed by atoms with Crippen molar-refractivity contribution in [2.45, 2.75) is 13.8 Å². The van der Waals surface area contributed by atoms with Gasteiger partial charge in [-0.25, -0.2) is 0 Å². The average Bonchev–Trinajstić information content (AvgIpc) is 1.61. The fraction of sp³-hybridized carbons (Fsp3) is 0.600. The second-order valence-corrected chi connectivity index (χ2v) is 1.66. The molecule has 0 N–H and O–H groups in total. The van der Waals surface area contributed by atoms with E-state index in [2.05, 4.69) is 4.94 Å². The zero-order valence-electron chi connectivity index (χ0n) is 4.52. The second-order valence-electron chi connectivity index (χ2n) is 1.66. The van der Waals surface area contributed by atoms with Crippen LogP contribution in [0.3, 0.4) is 0 Å². The van der Waals surface area contributed by atoms with Crippen molar-refractivity contribution in [3.63, 3.8) is 0 Å². The minimum Gasteiger partial charge on any atom is -0.303 e. The van der Waals surface area contributed by atoms with E-state index in [4.69, 9.17) is 0 Å². The molecule has 0 aromatic carbocycles. The maximum Gasteiger partial charge on any atom is 0.132 e. The van der Waals surface area contributed by atoms with Crippen LogP contribution in [-0.4, -0.2) is 0 Å². The molecule has 1 nitrogen and oxygen atoms in total. The lowest BCUT2D eigenvalue weighted by molar-refractivity contribution is -0.0623. The first-order valence-corrected chi connectivity index (χ1v) is 2.21. The summed E-state index contributed by atoms with van der Waals surface area (Å²) in [7, 11) is 0. The number of hydrogen-bond donors (Lipinski definition) is 0. The van der Waals surface area contributed by atoms with E-state index in [1.165, 1.54) is 0 Å². The summed E-state index contributed by atoms with van der Waals surface area (Å²) in [5, 5.41) is 0. The Hall–Kier alpha value is -0.530. The summed E-state index contributed by atoms with van der Waals surface area (Å²) in [5.74, 6) is 0.357. The third-order valence-electron chi connectivity index (χ3n) is 0.515. The van der Waals surface area contributed by atoms with Crippen LogP contribution in [0.2, 0.25) is 0 Å². The fourth-order valence-corrected chi connectivity index (χ4v) is 0.187. The minimum absolute atomic E-state index is 0.357. The van der Waals surface area contributed by atoms with E-state index in [9.17, 15) is 4.53 Å². The normalized spacial score (nSPS) is 10.9. The topological polar surface area (TPSA) is 9.23 Å². The molecule has 7 heavy (non-hydrogen) atoms. The van der Waals surface area contributed by atoms with Crippen molar-refractivity contribution in [3.8, 4) is 0 Å². The van der Waals surface area contributed by atoms with Crippen molar-refractivity contribution in [3.05, 3.63) is 12.3 Å². The molecule has 0 amide bonds. The first-order valence-electron chi connectivity index (χ1n) is 2.21. The van der Waals surface area contributed by atoms with E-state index >= 15 is 0 Å². The highest BCUT2D eigenvalue weighted by molar-refractivity contribution is 4.75. The highest BCUT2D eigenvalue weighted by Gasteiger charge is 1.80. The van der Waals surface area contributed by atoms with Gasteiger partial charge in [0.25, 0.3) is 0 Å². The molecular formula is C5H9FO. The Morgan fingerprint density at radius 2 is 2.14 bits per heavy atom. The van der Waals surface area contributed by atoms with Crippen LogP contribution in [0.1, 0.15) is 13.8 Å². The third kappa shape index (κ3) is 5.47. The number of hydrogen-bond acceptors (Lipinski definition) is 1. The SMILES string of the molecule is CC(C)C=COF. The van der Waals surface area contributed by atoms with Gasteiger partial charge in [-0.15, -0.1) is 0 Å². The lowest BCUT2D eigenvalue weighted by Gasteiger charge is -1.87. The minimum atomic E-state index is 0.357. The Morgan fingerprint density at radius 1 is 1.57 bits per heavy atom. The van der Waals surface area contributed by atoms with Crippen molar-refractivity contribution in [1.82, 2.24) is 0 Å². The quantitative estimate of drug-likeness (QED) is 0.487. The molecule has 42 valence electrons. The Morgan fingerprint density at radius 3 is 2.29 bits per heavy atom. The summed E-state index contributed by atoms with van der Waals surface area (Å²) in [6, 6.07) is 0. The van der Waals surface area contributed by atoms with E-state index in [1.807, 2.05) is 13.8 Å². The summed E-state index contributed by atoms with van der Waals surface area (Å²) in [6.45, 7) is 3.88. The van der Waals surface area contributed by atoms with Gasteiger partial charge in [0.15, 0.2) is 0 Å². The van der Waals surface area contributed by atoms with Gasteiger partial charge in [-0.1, -0.05) is 13.8 Å². The van der Waals surface area contributed by atoms with E-state index in [-0.39, 0.29) is 0 Å². The van der Waals surface area contributed by atoms with Crippen molar-refractivity contribution in [2.75, 3.05) is 0 Å². The van der Waals surface area contributed by atoms with Crippen LogP contribution in [0, 0.1) is 5.92 Å². The molecule has 0 heterocycles. The Kier molecular flexibility index (Phi) is 3.38. The molecule has 0 spiro atoms. The Balaban J connectivity index is 3.08. The maximum absolute atomic E-state index is 10.8. The highest BCUT2D eigenvalue weighted by Crippen LogP contribution is 1.92. The van der Waals surface area contributed by atoms with Crippen LogP contribution < -0.4 is 0 Å². The summed E-state index contributed by atoms with van der Waals surface area (Å²) < 4.78 is 10.8. The molecule has 0 fully saturated rings. The van der Waals surface area contributed by atoms with Crippen molar-refractivity contribution < 1.29 is 9.47 Å². The molecule has 0 aliphatic heterocycles. The molecule has 0 bridgehead atoms. The molecule has 0 aromatic rings.